The number of para-hydroxylation sites is 1. The minimum absolute atomic E-state index is 0.190. The molecule has 0 spiro atoms. The maximum atomic E-state index is 12.2. The van der Waals surface area contributed by atoms with E-state index in [0.717, 1.165) is 16.7 Å². The average Bonchev–Trinajstić information content (AvgIpc) is 3.14. The molecule has 2 heterocycles. The van der Waals surface area contributed by atoms with Crippen LogP contribution in [0.5, 0.6) is 0 Å². The number of aromatic nitrogens is 2. The SMILES string of the molecule is CC(c1cc2ccccc2o1)N(C)C(=O)Nc1nncs1. The molecule has 2 amide bonds. The Morgan fingerprint density at radius 3 is 2.95 bits per heavy atom. The van der Waals surface area contributed by atoms with Crippen LogP contribution in [-0.2, 0) is 0 Å². The number of nitrogens with one attached hydrogen (secondary N) is 1. The predicted molar refractivity (Wildman–Crippen MR) is 81.3 cm³/mol. The summed E-state index contributed by atoms with van der Waals surface area (Å²) >= 11 is 1.28. The maximum Gasteiger partial charge on any atom is 0.324 e. The van der Waals surface area contributed by atoms with Crippen molar-refractivity contribution in [3.05, 3.63) is 41.6 Å². The molecule has 0 aliphatic carbocycles. The molecule has 0 fully saturated rings. The van der Waals surface area contributed by atoms with E-state index in [1.807, 2.05) is 37.3 Å². The monoisotopic (exact) mass is 302 g/mol. The Hall–Kier alpha value is -2.41. The van der Waals surface area contributed by atoms with Gasteiger partial charge in [-0.25, -0.2) is 4.79 Å². The number of furan rings is 1. The van der Waals surface area contributed by atoms with Gasteiger partial charge < -0.3 is 9.32 Å². The molecule has 6 nitrogen and oxygen atoms in total. The van der Waals surface area contributed by atoms with E-state index in [2.05, 4.69) is 15.5 Å². The summed E-state index contributed by atoms with van der Waals surface area (Å²) in [6.45, 7) is 1.91. The van der Waals surface area contributed by atoms with Crippen LogP contribution < -0.4 is 5.32 Å². The van der Waals surface area contributed by atoms with Gasteiger partial charge in [-0.1, -0.05) is 29.5 Å². The largest absolute Gasteiger partial charge is 0.459 e. The Morgan fingerprint density at radius 1 is 1.43 bits per heavy atom. The molecule has 0 bridgehead atoms. The van der Waals surface area contributed by atoms with Crippen LogP contribution in [0.3, 0.4) is 0 Å². The van der Waals surface area contributed by atoms with Gasteiger partial charge in [0.2, 0.25) is 5.13 Å². The van der Waals surface area contributed by atoms with Crippen LogP contribution in [0.15, 0.2) is 40.3 Å². The molecule has 0 saturated heterocycles. The lowest BCUT2D eigenvalue weighted by Gasteiger charge is -2.22. The number of fused-ring (bicyclic) bond motifs is 1. The quantitative estimate of drug-likeness (QED) is 0.803. The molecule has 1 aromatic carbocycles. The average molecular weight is 302 g/mol. The normalized spacial score (nSPS) is 12.3. The minimum atomic E-state index is -0.250. The summed E-state index contributed by atoms with van der Waals surface area (Å²) in [4.78, 5) is 13.7. The van der Waals surface area contributed by atoms with Crippen molar-refractivity contribution in [3.8, 4) is 0 Å². The van der Waals surface area contributed by atoms with Gasteiger partial charge in [0.05, 0.1) is 6.04 Å². The molecular weight excluding hydrogens is 288 g/mol. The standard InChI is InChI=1S/C14H14N4O2S/c1-9(12-7-10-5-3-4-6-11(10)20-12)18(2)14(19)16-13-17-15-8-21-13/h3-9H,1-2H3,(H,16,17,19). The first kappa shape index (κ1) is 13.6. The zero-order valence-corrected chi connectivity index (χ0v) is 12.4. The van der Waals surface area contributed by atoms with Crippen LogP contribution in [0.25, 0.3) is 11.0 Å². The van der Waals surface area contributed by atoms with Gasteiger partial charge in [-0.05, 0) is 19.1 Å². The molecule has 2 aromatic heterocycles. The van der Waals surface area contributed by atoms with Crippen LogP contribution in [0.1, 0.15) is 18.7 Å². The topological polar surface area (TPSA) is 71.3 Å². The first-order valence-corrected chi connectivity index (χ1v) is 7.31. The lowest BCUT2D eigenvalue weighted by Crippen LogP contribution is -2.33. The number of rotatable bonds is 3. The number of amides is 2. The molecule has 0 saturated carbocycles. The molecule has 7 heteroatoms. The summed E-state index contributed by atoms with van der Waals surface area (Å²) < 4.78 is 5.79. The second-order valence-corrected chi connectivity index (χ2v) is 5.48. The number of carbonyl (C=O) groups is 1. The summed E-state index contributed by atoms with van der Waals surface area (Å²) in [6.07, 6.45) is 0. The lowest BCUT2D eigenvalue weighted by atomic mass is 10.2. The van der Waals surface area contributed by atoms with Crippen molar-refractivity contribution in [1.29, 1.82) is 0 Å². The van der Waals surface area contributed by atoms with E-state index in [1.165, 1.54) is 11.3 Å². The van der Waals surface area contributed by atoms with E-state index in [0.29, 0.717) is 5.13 Å². The van der Waals surface area contributed by atoms with Gasteiger partial charge in [0.1, 0.15) is 16.9 Å². The van der Waals surface area contributed by atoms with Crippen molar-refractivity contribution in [1.82, 2.24) is 15.1 Å². The van der Waals surface area contributed by atoms with Gasteiger partial charge in [0.15, 0.2) is 0 Å². The molecule has 1 unspecified atom stereocenters. The Balaban J connectivity index is 1.77. The highest BCUT2D eigenvalue weighted by molar-refractivity contribution is 7.13. The highest BCUT2D eigenvalue weighted by atomic mass is 32.1. The Bertz CT molecular complexity index is 720. The van der Waals surface area contributed by atoms with Crippen molar-refractivity contribution in [2.45, 2.75) is 13.0 Å². The Kier molecular flexibility index (Phi) is 3.57. The van der Waals surface area contributed by atoms with E-state index in [-0.39, 0.29) is 12.1 Å². The minimum Gasteiger partial charge on any atom is -0.459 e. The van der Waals surface area contributed by atoms with Crippen molar-refractivity contribution in [2.24, 2.45) is 0 Å². The van der Waals surface area contributed by atoms with Crippen LogP contribution in [0, 0.1) is 0 Å². The fraction of sp³-hybridized carbons (Fsp3) is 0.214. The van der Waals surface area contributed by atoms with E-state index >= 15 is 0 Å². The summed E-state index contributed by atoms with van der Waals surface area (Å²) in [5, 5.41) is 11.7. The molecule has 21 heavy (non-hydrogen) atoms. The van der Waals surface area contributed by atoms with Gasteiger partial charge in [0, 0.05) is 12.4 Å². The van der Waals surface area contributed by atoms with E-state index in [9.17, 15) is 4.79 Å². The van der Waals surface area contributed by atoms with E-state index < -0.39 is 0 Å². The van der Waals surface area contributed by atoms with Crippen molar-refractivity contribution in [2.75, 3.05) is 12.4 Å². The third kappa shape index (κ3) is 2.73. The van der Waals surface area contributed by atoms with Crippen LogP contribution in [0.4, 0.5) is 9.93 Å². The number of carbonyl (C=O) groups excluding carboxylic acids is 1. The molecule has 0 aliphatic rings. The first-order valence-electron chi connectivity index (χ1n) is 6.43. The van der Waals surface area contributed by atoms with E-state index in [1.54, 1.807) is 17.5 Å². The zero-order valence-electron chi connectivity index (χ0n) is 11.6. The molecule has 0 aliphatic heterocycles. The molecule has 108 valence electrons. The molecule has 3 aromatic rings. The van der Waals surface area contributed by atoms with E-state index in [4.69, 9.17) is 4.42 Å². The van der Waals surface area contributed by atoms with Crippen LogP contribution in [-0.4, -0.2) is 28.2 Å². The third-order valence-electron chi connectivity index (χ3n) is 3.33. The number of nitrogens with zero attached hydrogens (tertiary/aromatic N) is 3. The maximum absolute atomic E-state index is 12.2. The van der Waals surface area contributed by atoms with Crippen LogP contribution >= 0.6 is 11.3 Å². The Morgan fingerprint density at radius 2 is 2.24 bits per heavy atom. The van der Waals surface area contributed by atoms with Crippen molar-refractivity contribution < 1.29 is 9.21 Å². The summed E-state index contributed by atoms with van der Waals surface area (Å²) in [5.41, 5.74) is 2.38. The zero-order chi connectivity index (χ0) is 14.8. The summed E-state index contributed by atoms with van der Waals surface area (Å²) in [7, 11) is 1.72. The van der Waals surface area contributed by atoms with Gasteiger partial charge >= 0.3 is 6.03 Å². The fourth-order valence-corrected chi connectivity index (χ4v) is 2.42. The van der Waals surface area contributed by atoms with Gasteiger partial charge in [-0.15, -0.1) is 10.2 Å². The fourth-order valence-electron chi connectivity index (χ4n) is 1.98. The highest BCUT2D eigenvalue weighted by Gasteiger charge is 2.21. The van der Waals surface area contributed by atoms with Gasteiger partial charge in [-0.2, -0.15) is 0 Å². The number of hydrogen-bond donors (Lipinski definition) is 1. The first-order chi connectivity index (χ1) is 10.1. The molecule has 1 atom stereocenters. The summed E-state index contributed by atoms with van der Waals surface area (Å²) in [6, 6.07) is 9.28. The van der Waals surface area contributed by atoms with Crippen LogP contribution in [0.2, 0.25) is 0 Å². The third-order valence-corrected chi connectivity index (χ3v) is 3.94. The molecule has 1 N–H and O–H groups in total. The second-order valence-electron chi connectivity index (χ2n) is 4.65. The highest BCUT2D eigenvalue weighted by Crippen LogP contribution is 2.27. The van der Waals surface area contributed by atoms with Gasteiger partial charge in [-0.3, -0.25) is 5.32 Å². The number of hydrogen-bond acceptors (Lipinski definition) is 5. The smallest absolute Gasteiger partial charge is 0.324 e. The van der Waals surface area contributed by atoms with Gasteiger partial charge in [0.25, 0.3) is 0 Å². The van der Waals surface area contributed by atoms with Crippen molar-refractivity contribution in [3.63, 3.8) is 0 Å². The Labute approximate surface area is 125 Å². The second kappa shape index (κ2) is 5.53. The summed E-state index contributed by atoms with van der Waals surface area (Å²) in [5.74, 6) is 0.742. The molecule has 0 radical (unpaired) electrons. The predicted octanol–water partition coefficient (Wildman–Crippen LogP) is 3.51. The number of urea groups is 1. The molecule has 3 rings (SSSR count). The number of benzene rings is 1. The van der Waals surface area contributed by atoms with Crippen molar-refractivity contribution >= 4 is 33.5 Å². The molecular formula is C14H14N4O2S. The number of anilines is 1. The lowest BCUT2D eigenvalue weighted by molar-refractivity contribution is 0.201.